The first-order valence-corrected chi connectivity index (χ1v) is 5.58. The van der Waals surface area contributed by atoms with Gasteiger partial charge < -0.3 is 9.47 Å². The normalized spacial score (nSPS) is 12.3. The van der Waals surface area contributed by atoms with Crippen LogP contribution in [0, 0.1) is 0 Å². The van der Waals surface area contributed by atoms with Crippen LogP contribution in [0.15, 0.2) is 11.3 Å². The Morgan fingerprint density at radius 3 is 1.90 bits per heavy atom. The minimum absolute atomic E-state index is 0.113. The number of Topliss-reactive ketones (excluding diaryl/α,β-unsaturated/α-hetero) is 1. The highest BCUT2D eigenvalue weighted by molar-refractivity contribution is 6.05. The lowest BCUT2D eigenvalue weighted by Crippen LogP contribution is -2.35. The maximum Gasteiger partial charge on any atom is 0.425 e. The van der Waals surface area contributed by atoms with Crippen LogP contribution in [0.1, 0.15) is 20.8 Å². The van der Waals surface area contributed by atoms with Crippen molar-refractivity contribution in [1.29, 1.82) is 0 Å². The molecule has 0 aromatic carbocycles. The summed E-state index contributed by atoms with van der Waals surface area (Å²) in [5, 5.41) is 1.61. The summed E-state index contributed by atoms with van der Waals surface area (Å²) in [5.74, 6) is -2.90. The van der Waals surface area contributed by atoms with Crippen molar-refractivity contribution in [1.82, 2.24) is 5.32 Å². The van der Waals surface area contributed by atoms with E-state index < -0.39 is 35.3 Å². The van der Waals surface area contributed by atoms with Crippen molar-refractivity contribution in [3.8, 4) is 0 Å². The number of ether oxygens (including phenoxy) is 2. The third-order valence-electron chi connectivity index (χ3n) is 1.87. The van der Waals surface area contributed by atoms with Gasteiger partial charge in [-0.15, -0.1) is 0 Å². The number of esters is 1. The van der Waals surface area contributed by atoms with Gasteiger partial charge in [-0.25, -0.2) is 9.59 Å². The molecular weight excluding hydrogens is 283 g/mol. The van der Waals surface area contributed by atoms with Gasteiger partial charge in [0, 0.05) is 6.92 Å². The number of nitrogens with one attached hydrogen (secondary N) is 1. The van der Waals surface area contributed by atoms with Gasteiger partial charge >= 0.3 is 18.2 Å². The molecule has 20 heavy (non-hydrogen) atoms. The topological polar surface area (TPSA) is 81.7 Å². The number of hydrogen-bond acceptors (Lipinski definition) is 5. The molecular formula is C11H14F3NO5. The van der Waals surface area contributed by atoms with E-state index in [0.29, 0.717) is 0 Å². The Kier molecular flexibility index (Phi) is 6.74. The van der Waals surface area contributed by atoms with E-state index in [-0.39, 0.29) is 13.2 Å². The van der Waals surface area contributed by atoms with Gasteiger partial charge in [0.2, 0.25) is 0 Å². The molecule has 0 saturated heterocycles. The quantitative estimate of drug-likeness (QED) is 0.617. The van der Waals surface area contributed by atoms with Crippen molar-refractivity contribution >= 4 is 17.8 Å². The average molecular weight is 297 g/mol. The predicted octanol–water partition coefficient (Wildman–Crippen LogP) is 1.70. The predicted molar refractivity (Wildman–Crippen MR) is 60.6 cm³/mol. The van der Waals surface area contributed by atoms with Crippen LogP contribution in [0.5, 0.6) is 0 Å². The summed E-state index contributed by atoms with van der Waals surface area (Å²) in [6.07, 6.45) is -6.43. The number of alkyl carbamates (subject to hydrolysis) is 1. The molecule has 0 saturated carbocycles. The third-order valence-corrected chi connectivity index (χ3v) is 1.87. The second-order valence-corrected chi connectivity index (χ2v) is 3.37. The Bertz CT molecular complexity index is 428. The average Bonchev–Trinajstić information content (AvgIpc) is 2.26. The van der Waals surface area contributed by atoms with Crippen molar-refractivity contribution in [2.24, 2.45) is 0 Å². The number of alkyl halides is 3. The smallest absolute Gasteiger partial charge is 0.425 e. The number of hydrogen-bond donors (Lipinski definition) is 1. The summed E-state index contributed by atoms with van der Waals surface area (Å²) >= 11 is 0. The van der Waals surface area contributed by atoms with Crippen LogP contribution in [0.3, 0.4) is 0 Å². The van der Waals surface area contributed by atoms with Gasteiger partial charge in [0.25, 0.3) is 0 Å². The largest absolute Gasteiger partial charge is 0.462 e. The second kappa shape index (κ2) is 7.51. The Hall–Kier alpha value is -2.06. The lowest BCUT2D eigenvalue weighted by molar-refractivity contribution is -0.151. The van der Waals surface area contributed by atoms with Crippen LogP contribution in [-0.4, -0.2) is 37.2 Å². The molecule has 0 bridgehead atoms. The van der Waals surface area contributed by atoms with Crippen molar-refractivity contribution < 1.29 is 37.0 Å². The molecule has 0 rings (SSSR count). The van der Waals surface area contributed by atoms with Gasteiger partial charge in [0.15, 0.2) is 11.4 Å². The van der Waals surface area contributed by atoms with E-state index >= 15 is 0 Å². The highest BCUT2D eigenvalue weighted by Crippen LogP contribution is 2.29. The number of carbonyl (C=O) groups excluding carboxylic acids is 3. The lowest BCUT2D eigenvalue weighted by Gasteiger charge is -2.15. The van der Waals surface area contributed by atoms with Crippen LogP contribution in [0.25, 0.3) is 0 Å². The maximum absolute atomic E-state index is 12.8. The van der Waals surface area contributed by atoms with E-state index in [0.717, 1.165) is 6.92 Å². The van der Waals surface area contributed by atoms with Crippen LogP contribution in [-0.2, 0) is 19.1 Å². The van der Waals surface area contributed by atoms with Gasteiger partial charge in [-0.2, -0.15) is 13.2 Å². The first-order valence-electron chi connectivity index (χ1n) is 5.58. The Morgan fingerprint density at radius 2 is 1.55 bits per heavy atom. The molecule has 0 fully saturated rings. The van der Waals surface area contributed by atoms with Gasteiger partial charge in [0.1, 0.15) is 5.70 Å². The van der Waals surface area contributed by atoms with Crippen molar-refractivity contribution in [2.45, 2.75) is 26.9 Å². The zero-order chi connectivity index (χ0) is 15.9. The molecule has 0 heterocycles. The van der Waals surface area contributed by atoms with E-state index in [1.165, 1.54) is 13.8 Å². The standard InChI is InChI=1S/C11H14F3NO5/c1-4-19-9(17)7(11(12,13)14)8(6(3)16)15-10(18)20-5-2/h4-5H2,1-3H3,(H,15,18)/b8-7-. The van der Waals surface area contributed by atoms with E-state index in [4.69, 9.17) is 0 Å². The van der Waals surface area contributed by atoms with Crippen molar-refractivity contribution in [2.75, 3.05) is 13.2 Å². The molecule has 1 N–H and O–H groups in total. The van der Waals surface area contributed by atoms with Crippen molar-refractivity contribution in [3.05, 3.63) is 11.3 Å². The van der Waals surface area contributed by atoms with Gasteiger partial charge in [0.05, 0.1) is 13.2 Å². The summed E-state index contributed by atoms with van der Waals surface area (Å²) in [6, 6.07) is 0. The molecule has 0 radical (unpaired) electrons. The number of halogens is 3. The fourth-order valence-corrected chi connectivity index (χ4v) is 1.16. The fraction of sp³-hybridized carbons (Fsp3) is 0.545. The second-order valence-electron chi connectivity index (χ2n) is 3.37. The summed E-state index contributed by atoms with van der Waals surface area (Å²) in [4.78, 5) is 33.7. The third kappa shape index (κ3) is 5.29. The zero-order valence-electron chi connectivity index (χ0n) is 11.1. The molecule has 9 heteroatoms. The van der Waals surface area contributed by atoms with Gasteiger partial charge in [-0.1, -0.05) is 0 Å². The van der Waals surface area contributed by atoms with Gasteiger partial charge in [-0.05, 0) is 13.8 Å². The molecule has 0 atom stereocenters. The Labute approximate surface area is 112 Å². The minimum Gasteiger partial charge on any atom is -0.462 e. The first kappa shape index (κ1) is 17.9. The fourth-order valence-electron chi connectivity index (χ4n) is 1.16. The van der Waals surface area contributed by atoms with E-state index in [1.807, 2.05) is 0 Å². The van der Waals surface area contributed by atoms with Gasteiger partial charge in [-0.3, -0.25) is 10.1 Å². The minimum atomic E-state index is -5.16. The van der Waals surface area contributed by atoms with Crippen LogP contribution < -0.4 is 5.32 Å². The summed E-state index contributed by atoms with van der Waals surface area (Å²) in [6.45, 7) is 3.07. The molecule has 0 aliphatic heterocycles. The monoisotopic (exact) mass is 297 g/mol. The van der Waals surface area contributed by atoms with E-state index in [9.17, 15) is 27.6 Å². The molecule has 0 aliphatic carbocycles. The molecule has 0 aliphatic rings. The highest BCUT2D eigenvalue weighted by Gasteiger charge is 2.44. The SMILES string of the molecule is CCOC(=O)N/C(C(C)=O)=C(/C(=O)OCC)C(F)(F)F. The van der Waals surface area contributed by atoms with Crippen molar-refractivity contribution in [3.63, 3.8) is 0 Å². The zero-order valence-corrected chi connectivity index (χ0v) is 11.1. The van der Waals surface area contributed by atoms with Crippen LogP contribution in [0.4, 0.5) is 18.0 Å². The summed E-state index contributed by atoms with van der Waals surface area (Å²) in [5.41, 5.74) is -3.09. The van der Waals surface area contributed by atoms with Crippen LogP contribution >= 0.6 is 0 Å². The molecule has 0 aromatic heterocycles. The Balaban J connectivity index is 5.72. The van der Waals surface area contributed by atoms with E-state index in [2.05, 4.69) is 9.47 Å². The number of carbonyl (C=O) groups is 3. The molecule has 0 unspecified atom stereocenters. The molecule has 0 aromatic rings. The molecule has 6 nitrogen and oxygen atoms in total. The first-order chi connectivity index (χ1) is 9.15. The summed E-state index contributed by atoms with van der Waals surface area (Å²) < 4.78 is 47.1. The van der Waals surface area contributed by atoms with Crippen LogP contribution in [0.2, 0.25) is 0 Å². The lowest BCUT2D eigenvalue weighted by atomic mass is 10.1. The number of amides is 1. The van der Waals surface area contributed by atoms with E-state index in [1.54, 1.807) is 5.32 Å². The number of allylic oxidation sites excluding steroid dienone is 1. The maximum atomic E-state index is 12.8. The number of ketones is 1. The summed E-state index contributed by atoms with van der Waals surface area (Å²) in [7, 11) is 0. The molecule has 1 amide bonds. The molecule has 0 spiro atoms. The number of rotatable bonds is 5. The Morgan fingerprint density at radius 1 is 1.05 bits per heavy atom. The highest BCUT2D eigenvalue weighted by atomic mass is 19.4. The molecule has 114 valence electrons.